The fraction of sp³-hybridized carbons (Fsp3) is 0.111. The van der Waals surface area contributed by atoms with E-state index in [2.05, 4.69) is 10.2 Å². The summed E-state index contributed by atoms with van der Waals surface area (Å²) < 4.78 is 0. The van der Waals surface area contributed by atoms with Gasteiger partial charge in [-0.15, -0.1) is 5.10 Å². The van der Waals surface area contributed by atoms with Gasteiger partial charge in [0.2, 0.25) is 5.91 Å². The van der Waals surface area contributed by atoms with Crippen LogP contribution < -0.4 is 4.90 Å². The van der Waals surface area contributed by atoms with E-state index in [1.807, 2.05) is 0 Å². The number of carbonyl (C=O) groups excluding carboxylic acids is 1. The number of rotatable bonds is 5. The Bertz CT molecular complexity index is 927. The SMILES string of the molecule is O=C(O)C[C@@H]1S/C(=N\N=C/c2ccccc2O)N(c2ccc(O)cc2)C1=O. The van der Waals surface area contributed by atoms with Crippen LogP contribution >= 0.6 is 11.8 Å². The van der Waals surface area contributed by atoms with E-state index < -0.39 is 17.1 Å². The van der Waals surface area contributed by atoms with E-state index in [0.29, 0.717) is 11.3 Å². The highest BCUT2D eigenvalue weighted by Crippen LogP contribution is 2.34. The van der Waals surface area contributed by atoms with Crippen molar-refractivity contribution < 1.29 is 24.9 Å². The molecule has 1 aliphatic rings. The Labute approximate surface area is 158 Å². The number of benzene rings is 2. The standard InChI is InChI=1S/C18H15N3O5S/c22-13-7-5-12(6-8-13)21-17(26)15(9-16(24)25)27-18(21)20-19-10-11-3-1-2-4-14(11)23/h1-8,10,15,22-23H,9H2,(H,24,25)/b19-10-,20-18-/t15-/m0/s1. The highest BCUT2D eigenvalue weighted by atomic mass is 32.2. The summed E-state index contributed by atoms with van der Waals surface area (Å²) in [6.45, 7) is 0. The van der Waals surface area contributed by atoms with Crippen molar-refractivity contribution in [2.75, 3.05) is 4.90 Å². The minimum absolute atomic E-state index is 0.0377. The van der Waals surface area contributed by atoms with Gasteiger partial charge in [0.15, 0.2) is 5.17 Å². The van der Waals surface area contributed by atoms with Crippen LogP contribution in [0.5, 0.6) is 11.5 Å². The van der Waals surface area contributed by atoms with Crippen LogP contribution in [0.15, 0.2) is 58.7 Å². The van der Waals surface area contributed by atoms with Crippen LogP contribution in [0.1, 0.15) is 12.0 Å². The van der Waals surface area contributed by atoms with E-state index in [1.54, 1.807) is 18.2 Å². The first-order valence-electron chi connectivity index (χ1n) is 7.86. The number of amidine groups is 1. The third-order valence-electron chi connectivity index (χ3n) is 3.68. The normalized spacial score (nSPS) is 18.5. The molecule has 9 heteroatoms. The molecule has 8 nitrogen and oxygen atoms in total. The van der Waals surface area contributed by atoms with Gasteiger partial charge in [0.1, 0.15) is 16.7 Å². The third kappa shape index (κ3) is 4.26. The van der Waals surface area contributed by atoms with Crippen molar-refractivity contribution in [1.29, 1.82) is 0 Å². The lowest BCUT2D eigenvalue weighted by Gasteiger charge is -2.15. The van der Waals surface area contributed by atoms with E-state index in [9.17, 15) is 19.8 Å². The van der Waals surface area contributed by atoms with Gasteiger partial charge in [-0.1, -0.05) is 23.9 Å². The maximum atomic E-state index is 12.6. The molecule has 3 rings (SSSR count). The molecule has 1 saturated heterocycles. The number of aromatic hydroxyl groups is 2. The number of phenolic OH excluding ortho intramolecular Hbond substituents is 2. The van der Waals surface area contributed by atoms with Crippen LogP contribution in [-0.4, -0.2) is 43.8 Å². The van der Waals surface area contributed by atoms with Gasteiger partial charge in [0.05, 0.1) is 18.3 Å². The first-order valence-corrected chi connectivity index (χ1v) is 8.74. The van der Waals surface area contributed by atoms with Crippen molar-refractivity contribution in [2.24, 2.45) is 10.2 Å². The molecule has 27 heavy (non-hydrogen) atoms. The smallest absolute Gasteiger partial charge is 0.305 e. The maximum absolute atomic E-state index is 12.6. The molecule has 0 unspecified atom stereocenters. The molecule has 1 atom stereocenters. The zero-order valence-electron chi connectivity index (χ0n) is 13.9. The average molecular weight is 385 g/mol. The van der Waals surface area contributed by atoms with Crippen LogP contribution in [0.4, 0.5) is 5.69 Å². The number of thioether (sulfide) groups is 1. The number of anilines is 1. The summed E-state index contributed by atoms with van der Waals surface area (Å²) >= 11 is 1.00. The van der Waals surface area contributed by atoms with Crippen molar-refractivity contribution in [3.05, 3.63) is 54.1 Å². The number of nitrogens with zero attached hydrogens (tertiary/aromatic N) is 3. The zero-order chi connectivity index (χ0) is 19.4. The van der Waals surface area contributed by atoms with Crippen LogP contribution in [-0.2, 0) is 9.59 Å². The monoisotopic (exact) mass is 385 g/mol. The summed E-state index contributed by atoms with van der Waals surface area (Å²) in [4.78, 5) is 24.9. The molecular formula is C18H15N3O5S. The molecule has 1 aliphatic heterocycles. The lowest BCUT2D eigenvalue weighted by atomic mass is 10.2. The minimum Gasteiger partial charge on any atom is -0.508 e. The van der Waals surface area contributed by atoms with Crippen LogP contribution in [0.2, 0.25) is 0 Å². The Hall–Kier alpha value is -3.33. The molecule has 0 bridgehead atoms. The fourth-order valence-electron chi connectivity index (χ4n) is 2.40. The third-order valence-corrected chi connectivity index (χ3v) is 4.81. The molecule has 2 aromatic rings. The second kappa shape index (κ2) is 7.92. The van der Waals surface area contributed by atoms with Crippen LogP contribution in [0.25, 0.3) is 0 Å². The highest BCUT2D eigenvalue weighted by Gasteiger charge is 2.40. The topological polar surface area (TPSA) is 123 Å². The van der Waals surface area contributed by atoms with Gasteiger partial charge >= 0.3 is 5.97 Å². The van der Waals surface area contributed by atoms with Gasteiger partial charge in [-0.05, 0) is 36.4 Å². The Morgan fingerprint density at radius 1 is 1.15 bits per heavy atom. The number of aliphatic carboxylic acids is 1. The number of carbonyl (C=O) groups is 2. The highest BCUT2D eigenvalue weighted by molar-refractivity contribution is 8.16. The van der Waals surface area contributed by atoms with Crippen LogP contribution in [0, 0.1) is 0 Å². The number of hydrogen-bond donors (Lipinski definition) is 3. The van der Waals surface area contributed by atoms with Crippen molar-refractivity contribution in [2.45, 2.75) is 11.7 Å². The summed E-state index contributed by atoms with van der Waals surface area (Å²) in [6, 6.07) is 12.4. The van der Waals surface area contributed by atoms with Crippen molar-refractivity contribution >= 4 is 40.7 Å². The van der Waals surface area contributed by atoms with Crippen molar-refractivity contribution in [1.82, 2.24) is 0 Å². The van der Waals surface area contributed by atoms with Gasteiger partial charge < -0.3 is 15.3 Å². The Morgan fingerprint density at radius 3 is 2.52 bits per heavy atom. The van der Waals surface area contributed by atoms with E-state index >= 15 is 0 Å². The van der Waals surface area contributed by atoms with Crippen molar-refractivity contribution in [3.8, 4) is 11.5 Å². The quantitative estimate of drug-likeness (QED) is 0.536. The molecule has 2 aromatic carbocycles. The van der Waals surface area contributed by atoms with Crippen molar-refractivity contribution in [3.63, 3.8) is 0 Å². The lowest BCUT2D eigenvalue weighted by molar-refractivity contribution is -0.138. The summed E-state index contributed by atoms with van der Waals surface area (Å²) in [6.07, 6.45) is 0.993. The Balaban J connectivity index is 1.91. The van der Waals surface area contributed by atoms with E-state index in [-0.39, 0.29) is 23.1 Å². The molecule has 0 aromatic heterocycles. The largest absolute Gasteiger partial charge is 0.508 e. The number of carboxylic acids is 1. The second-order valence-electron chi connectivity index (χ2n) is 5.58. The first-order chi connectivity index (χ1) is 13.0. The minimum atomic E-state index is -1.09. The maximum Gasteiger partial charge on any atom is 0.305 e. The molecule has 3 N–H and O–H groups in total. The van der Waals surface area contributed by atoms with E-state index in [0.717, 1.165) is 11.8 Å². The molecule has 1 fully saturated rings. The summed E-state index contributed by atoms with van der Waals surface area (Å²) in [5.74, 6) is -1.44. The number of para-hydroxylation sites is 1. The lowest BCUT2D eigenvalue weighted by Crippen LogP contribution is -2.32. The van der Waals surface area contributed by atoms with Gasteiger partial charge in [0, 0.05) is 5.56 Å². The molecular weight excluding hydrogens is 370 g/mol. The first kappa shape index (κ1) is 18.5. The zero-order valence-corrected chi connectivity index (χ0v) is 14.7. The second-order valence-corrected chi connectivity index (χ2v) is 6.75. The average Bonchev–Trinajstić information content (AvgIpc) is 2.92. The van der Waals surface area contributed by atoms with Gasteiger partial charge in [-0.25, -0.2) is 0 Å². The Morgan fingerprint density at radius 2 is 1.85 bits per heavy atom. The molecule has 1 heterocycles. The molecule has 0 aliphatic carbocycles. The van der Waals surface area contributed by atoms with E-state index in [1.165, 1.54) is 41.4 Å². The molecule has 138 valence electrons. The number of phenols is 2. The summed E-state index contributed by atoms with van der Waals surface area (Å²) in [5, 5.41) is 35.5. The molecule has 0 saturated carbocycles. The van der Waals surface area contributed by atoms with Gasteiger partial charge in [0.25, 0.3) is 0 Å². The fourth-order valence-corrected chi connectivity index (χ4v) is 3.48. The predicted molar refractivity (Wildman–Crippen MR) is 102 cm³/mol. The number of carboxylic acid groups (broad SMARTS) is 1. The number of hydrogen-bond acceptors (Lipinski definition) is 7. The molecule has 1 amide bonds. The summed E-state index contributed by atoms with van der Waals surface area (Å²) in [7, 11) is 0. The predicted octanol–water partition coefficient (Wildman–Crippen LogP) is 2.41. The summed E-state index contributed by atoms with van der Waals surface area (Å²) in [5.41, 5.74) is 0.893. The molecule has 0 radical (unpaired) electrons. The molecule has 0 spiro atoms. The number of amides is 1. The Kier molecular flexibility index (Phi) is 5.41. The van der Waals surface area contributed by atoms with Gasteiger partial charge in [-0.3, -0.25) is 14.5 Å². The van der Waals surface area contributed by atoms with Crippen LogP contribution in [0.3, 0.4) is 0 Å². The van der Waals surface area contributed by atoms with Gasteiger partial charge in [-0.2, -0.15) is 5.10 Å². The van der Waals surface area contributed by atoms with E-state index in [4.69, 9.17) is 5.11 Å².